The zero-order valence-electron chi connectivity index (χ0n) is 19.6. The van der Waals surface area contributed by atoms with Gasteiger partial charge < -0.3 is 9.80 Å². The van der Waals surface area contributed by atoms with Crippen molar-refractivity contribution in [2.24, 2.45) is 5.41 Å². The Hall–Kier alpha value is -3.47. The molecule has 1 aliphatic heterocycles. The van der Waals surface area contributed by atoms with E-state index in [0.29, 0.717) is 32.4 Å². The van der Waals surface area contributed by atoms with E-state index in [1.807, 2.05) is 54.3 Å². The van der Waals surface area contributed by atoms with Crippen molar-refractivity contribution in [2.75, 3.05) is 27.2 Å². The topological polar surface area (TPSA) is 53.5 Å². The van der Waals surface area contributed by atoms with E-state index in [9.17, 15) is 9.59 Å². The second-order valence-corrected chi connectivity index (χ2v) is 9.32. The Labute approximate surface area is 196 Å². The molecule has 0 radical (unpaired) electrons. The van der Waals surface area contributed by atoms with Crippen LogP contribution in [0.1, 0.15) is 23.1 Å². The Balaban J connectivity index is 1.55. The molecule has 1 aromatic heterocycles. The molecule has 0 bridgehead atoms. The number of carbonyl (C=O) groups excluding carboxylic acids is 2. The molecule has 0 spiro atoms. The highest BCUT2D eigenvalue weighted by molar-refractivity contribution is 5.86. The highest BCUT2D eigenvalue weighted by Crippen LogP contribution is 2.37. The molecule has 5 heteroatoms. The number of likely N-dealkylation sites (tertiary alicyclic amines) is 1. The van der Waals surface area contributed by atoms with E-state index in [0.717, 1.165) is 22.3 Å². The van der Waals surface area contributed by atoms with Gasteiger partial charge in [0.15, 0.2) is 0 Å². The molecule has 2 aromatic carbocycles. The van der Waals surface area contributed by atoms with Gasteiger partial charge in [0.25, 0.3) is 0 Å². The minimum Gasteiger partial charge on any atom is -0.348 e. The number of rotatable bonds is 6. The average molecular weight is 442 g/mol. The van der Waals surface area contributed by atoms with E-state index in [-0.39, 0.29) is 11.8 Å². The van der Waals surface area contributed by atoms with Crippen LogP contribution in [0.15, 0.2) is 73.1 Å². The van der Waals surface area contributed by atoms with Gasteiger partial charge in [0, 0.05) is 39.6 Å². The van der Waals surface area contributed by atoms with Crippen molar-refractivity contribution in [3.8, 4) is 11.1 Å². The Morgan fingerprint density at radius 1 is 0.970 bits per heavy atom. The van der Waals surface area contributed by atoms with Gasteiger partial charge in [0.05, 0.1) is 11.8 Å². The normalized spacial score (nSPS) is 17.7. The lowest BCUT2D eigenvalue weighted by atomic mass is 9.79. The van der Waals surface area contributed by atoms with Gasteiger partial charge in [-0.3, -0.25) is 14.6 Å². The number of hydrogen-bond donors (Lipinski definition) is 0. The van der Waals surface area contributed by atoms with Crippen LogP contribution >= 0.6 is 0 Å². The molecular weight excluding hydrogens is 410 g/mol. The van der Waals surface area contributed by atoms with Crippen molar-refractivity contribution in [3.63, 3.8) is 0 Å². The van der Waals surface area contributed by atoms with E-state index < -0.39 is 5.41 Å². The SMILES string of the molecule is Cc1ccc(CC(=O)N2CC[C@](Cc3cccc(-c4ccncc4)c3)(C(=O)N(C)C)C2)cc1. The van der Waals surface area contributed by atoms with E-state index in [1.54, 1.807) is 31.4 Å². The molecule has 1 aliphatic rings. The third kappa shape index (κ3) is 5.14. The van der Waals surface area contributed by atoms with Crippen molar-refractivity contribution in [3.05, 3.63) is 89.7 Å². The number of carbonyl (C=O) groups is 2. The van der Waals surface area contributed by atoms with Crippen molar-refractivity contribution in [1.82, 2.24) is 14.8 Å². The summed E-state index contributed by atoms with van der Waals surface area (Å²) in [4.78, 5) is 34.1. The molecule has 1 atom stereocenters. The van der Waals surface area contributed by atoms with Crippen molar-refractivity contribution < 1.29 is 9.59 Å². The lowest BCUT2D eigenvalue weighted by Gasteiger charge is -2.31. The summed E-state index contributed by atoms with van der Waals surface area (Å²) in [6.45, 7) is 3.10. The Kier molecular flexibility index (Phi) is 6.59. The van der Waals surface area contributed by atoms with Gasteiger partial charge in [-0.05, 0) is 54.2 Å². The van der Waals surface area contributed by atoms with E-state index in [1.165, 1.54) is 5.56 Å². The van der Waals surface area contributed by atoms with Crippen molar-refractivity contribution in [2.45, 2.75) is 26.2 Å². The van der Waals surface area contributed by atoms with Crippen molar-refractivity contribution in [1.29, 1.82) is 0 Å². The van der Waals surface area contributed by atoms with Crippen LogP contribution in [-0.2, 0) is 22.4 Å². The summed E-state index contributed by atoms with van der Waals surface area (Å²) in [6, 6.07) is 20.4. The minimum absolute atomic E-state index is 0.0813. The van der Waals surface area contributed by atoms with Gasteiger partial charge in [0.2, 0.25) is 11.8 Å². The molecule has 0 saturated carbocycles. The standard InChI is InChI=1S/C28H31N3O2/c1-21-7-9-22(10-8-21)18-26(32)31-16-13-28(20-31,27(33)30(2)3)19-23-5-4-6-25(17-23)24-11-14-29-15-12-24/h4-12,14-15,17H,13,16,18-20H2,1-3H3/t28-/m1/s1. The predicted octanol–water partition coefficient (Wildman–Crippen LogP) is 4.15. The quantitative estimate of drug-likeness (QED) is 0.578. The summed E-state index contributed by atoms with van der Waals surface area (Å²) in [5.41, 5.74) is 4.88. The summed E-state index contributed by atoms with van der Waals surface area (Å²) in [7, 11) is 3.60. The number of benzene rings is 2. The fourth-order valence-electron chi connectivity index (χ4n) is 4.74. The van der Waals surface area contributed by atoms with Crippen LogP contribution in [-0.4, -0.2) is 53.8 Å². The molecule has 2 heterocycles. The van der Waals surface area contributed by atoms with E-state index in [4.69, 9.17) is 0 Å². The Morgan fingerprint density at radius 3 is 2.39 bits per heavy atom. The fraction of sp³-hybridized carbons (Fsp3) is 0.321. The first-order chi connectivity index (χ1) is 15.9. The third-order valence-electron chi connectivity index (χ3n) is 6.53. The first kappa shape index (κ1) is 22.7. The monoisotopic (exact) mass is 441 g/mol. The molecule has 33 heavy (non-hydrogen) atoms. The second kappa shape index (κ2) is 9.57. The predicted molar refractivity (Wildman–Crippen MR) is 131 cm³/mol. The van der Waals surface area contributed by atoms with Gasteiger partial charge >= 0.3 is 0 Å². The lowest BCUT2D eigenvalue weighted by Crippen LogP contribution is -2.44. The average Bonchev–Trinajstić information content (AvgIpc) is 3.26. The van der Waals surface area contributed by atoms with Crippen molar-refractivity contribution >= 4 is 11.8 Å². The summed E-state index contributed by atoms with van der Waals surface area (Å²) in [5.74, 6) is 0.167. The van der Waals surface area contributed by atoms with Crippen LogP contribution in [0, 0.1) is 12.3 Å². The van der Waals surface area contributed by atoms with Gasteiger partial charge in [0.1, 0.15) is 0 Å². The van der Waals surface area contributed by atoms with Crippen LogP contribution in [0.3, 0.4) is 0 Å². The molecule has 4 rings (SSSR count). The number of hydrogen-bond acceptors (Lipinski definition) is 3. The maximum atomic E-state index is 13.4. The summed E-state index contributed by atoms with van der Waals surface area (Å²) in [6.07, 6.45) is 5.21. The number of aromatic nitrogens is 1. The molecular formula is C28H31N3O2. The molecule has 1 fully saturated rings. The molecule has 0 N–H and O–H groups in total. The zero-order chi connectivity index (χ0) is 23.4. The summed E-state index contributed by atoms with van der Waals surface area (Å²) < 4.78 is 0. The van der Waals surface area contributed by atoms with Gasteiger partial charge in [-0.1, -0.05) is 54.1 Å². The van der Waals surface area contributed by atoms with E-state index >= 15 is 0 Å². The molecule has 170 valence electrons. The zero-order valence-corrected chi connectivity index (χ0v) is 19.6. The summed E-state index contributed by atoms with van der Waals surface area (Å²) >= 11 is 0. The van der Waals surface area contributed by atoms with E-state index in [2.05, 4.69) is 23.2 Å². The number of amides is 2. The highest BCUT2D eigenvalue weighted by atomic mass is 16.2. The van der Waals surface area contributed by atoms with Gasteiger partial charge in [-0.15, -0.1) is 0 Å². The number of aryl methyl sites for hydroxylation is 1. The summed E-state index contributed by atoms with van der Waals surface area (Å²) in [5, 5.41) is 0. The molecule has 0 aliphatic carbocycles. The third-order valence-corrected chi connectivity index (χ3v) is 6.53. The highest BCUT2D eigenvalue weighted by Gasteiger charge is 2.46. The maximum Gasteiger partial charge on any atom is 0.230 e. The minimum atomic E-state index is -0.608. The molecule has 1 saturated heterocycles. The second-order valence-electron chi connectivity index (χ2n) is 9.32. The largest absolute Gasteiger partial charge is 0.348 e. The fourth-order valence-corrected chi connectivity index (χ4v) is 4.74. The van der Waals surface area contributed by atoms with Crippen LogP contribution in [0.25, 0.3) is 11.1 Å². The lowest BCUT2D eigenvalue weighted by molar-refractivity contribution is -0.139. The van der Waals surface area contributed by atoms with Crippen LogP contribution in [0.4, 0.5) is 0 Å². The Bertz CT molecular complexity index is 1130. The molecule has 2 amide bonds. The first-order valence-electron chi connectivity index (χ1n) is 11.4. The number of pyridine rings is 1. The number of nitrogens with zero attached hydrogens (tertiary/aromatic N) is 3. The Morgan fingerprint density at radius 2 is 1.70 bits per heavy atom. The van der Waals surface area contributed by atoms with Crippen LogP contribution in [0.2, 0.25) is 0 Å². The molecule has 5 nitrogen and oxygen atoms in total. The van der Waals surface area contributed by atoms with Crippen LogP contribution < -0.4 is 0 Å². The first-order valence-corrected chi connectivity index (χ1v) is 11.4. The molecule has 0 unspecified atom stereocenters. The van der Waals surface area contributed by atoms with Gasteiger partial charge in [-0.2, -0.15) is 0 Å². The van der Waals surface area contributed by atoms with Gasteiger partial charge in [-0.25, -0.2) is 0 Å². The maximum absolute atomic E-state index is 13.4. The molecule has 3 aromatic rings. The van der Waals surface area contributed by atoms with Crippen LogP contribution in [0.5, 0.6) is 0 Å². The smallest absolute Gasteiger partial charge is 0.230 e.